The van der Waals surface area contributed by atoms with Crippen LogP contribution in [-0.2, 0) is 10.1 Å². The maximum absolute atomic E-state index is 11.5. The summed E-state index contributed by atoms with van der Waals surface area (Å²) < 4.78 is 32.3. The molecule has 3 aromatic rings. The standard InChI is InChI=1S/C22H20N4O5S/c1-14-8-9-17(13-27)19(10-14)23-25-22(16-6-4-3-5-7-16)26-24-20-12-18(32(29,30)31)11-15(2)21(20)28/h3-13,24,28H,1-2H3,(H,29,30,31)/b25-23?,26-22-. The quantitative estimate of drug-likeness (QED) is 0.0947. The highest BCUT2D eigenvalue weighted by molar-refractivity contribution is 7.85. The average molecular weight is 452 g/mol. The molecule has 0 aliphatic rings. The number of aryl methyl sites for hydroxylation is 2. The van der Waals surface area contributed by atoms with E-state index < -0.39 is 15.0 Å². The number of phenols is 1. The maximum atomic E-state index is 11.5. The SMILES string of the molecule is Cc1ccc(C=O)c(N=N/C(=N\Nc2cc(S(=O)(=O)O)cc(C)c2O)c2ccccc2)c1. The normalized spacial score (nSPS) is 12.2. The van der Waals surface area contributed by atoms with Gasteiger partial charge in [0.2, 0.25) is 5.84 Å². The number of benzene rings is 3. The van der Waals surface area contributed by atoms with Crippen molar-refractivity contribution in [2.75, 3.05) is 5.43 Å². The van der Waals surface area contributed by atoms with Crippen molar-refractivity contribution in [3.63, 3.8) is 0 Å². The number of hydrazone groups is 1. The summed E-state index contributed by atoms with van der Waals surface area (Å²) in [4.78, 5) is 10.9. The molecule has 0 radical (unpaired) electrons. The van der Waals surface area contributed by atoms with Crippen LogP contribution in [0.5, 0.6) is 5.75 Å². The fraction of sp³-hybridized carbons (Fsp3) is 0.0909. The third-order valence-corrected chi connectivity index (χ3v) is 5.28. The fourth-order valence-electron chi connectivity index (χ4n) is 2.77. The second kappa shape index (κ2) is 9.50. The Balaban J connectivity index is 2.04. The number of nitrogens with zero attached hydrogens (tertiary/aromatic N) is 3. The summed E-state index contributed by atoms with van der Waals surface area (Å²) in [6.07, 6.45) is 0.674. The number of amidine groups is 1. The summed E-state index contributed by atoms with van der Waals surface area (Å²) in [6, 6.07) is 16.1. The van der Waals surface area contributed by atoms with Crippen molar-refractivity contribution < 1.29 is 22.9 Å². The van der Waals surface area contributed by atoms with Crippen molar-refractivity contribution in [1.29, 1.82) is 0 Å². The second-order valence-corrected chi connectivity index (χ2v) is 8.33. The first-order chi connectivity index (χ1) is 15.2. The molecule has 164 valence electrons. The van der Waals surface area contributed by atoms with E-state index in [0.717, 1.165) is 17.7 Å². The molecule has 0 fully saturated rings. The van der Waals surface area contributed by atoms with Crippen LogP contribution in [0.2, 0.25) is 0 Å². The molecule has 0 aromatic heterocycles. The molecule has 0 heterocycles. The Morgan fingerprint density at radius 2 is 1.75 bits per heavy atom. The number of nitrogens with one attached hydrogen (secondary N) is 1. The number of carbonyl (C=O) groups excluding carboxylic acids is 1. The third kappa shape index (κ3) is 5.42. The second-order valence-electron chi connectivity index (χ2n) is 6.90. The Morgan fingerprint density at radius 3 is 2.41 bits per heavy atom. The van der Waals surface area contributed by atoms with Crippen molar-refractivity contribution in [3.8, 4) is 5.75 Å². The van der Waals surface area contributed by atoms with E-state index in [2.05, 4.69) is 20.8 Å². The zero-order valence-electron chi connectivity index (χ0n) is 17.2. The zero-order valence-corrected chi connectivity index (χ0v) is 18.0. The van der Waals surface area contributed by atoms with Gasteiger partial charge in [-0.2, -0.15) is 13.5 Å². The summed E-state index contributed by atoms with van der Waals surface area (Å²) in [5.74, 6) is -0.134. The average Bonchev–Trinajstić information content (AvgIpc) is 2.76. The van der Waals surface area contributed by atoms with Crippen LogP contribution in [0.3, 0.4) is 0 Å². The monoisotopic (exact) mass is 452 g/mol. The molecule has 32 heavy (non-hydrogen) atoms. The van der Waals surface area contributed by atoms with Gasteiger partial charge >= 0.3 is 0 Å². The largest absolute Gasteiger partial charge is 0.505 e. The molecule has 0 saturated carbocycles. The minimum Gasteiger partial charge on any atom is -0.505 e. The lowest BCUT2D eigenvalue weighted by Crippen LogP contribution is -2.04. The number of aromatic hydroxyl groups is 1. The van der Waals surface area contributed by atoms with Crippen LogP contribution >= 0.6 is 0 Å². The Labute approximate surface area is 184 Å². The molecule has 0 bridgehead atoms. The highest BCUT2D eigenvalue weighted by atomic mass is 32.2. The van der Waals surface area contributed by atoms with Gasteiger partial charge in [-0.3, -0.25) is 14.8 Å². The van der Waals surface area contributed by atoms with E-state index in [1.807, 2.05) is 13.0 Å². The lowest BCUT2D eigenvalue weighted by molar-refractivity contribution is 0.112. The molecule has 0 amide bonds. The Morgan fingerprint density at radius 1 is 1.03 bits per heavy atom. The predicted molar refractivity (Wildman–Crippen MR) is 120 cm³/mol. The molecular formula is C22H20N4O5S. The van der Waals surface area contributed by atoms with E-state index in [1.165, 1.54) is 6.92 Å². The Bertz CT molecular complexity index is 1320. The van der Waals surface area contributed by atoms with Crippen LogP contribution in [0.25, 0.3) is 0 Å². The van der Waals surface area contributed by atoms with Gasteiger partial charge in [0, 0.05) is 11.1 Å². The van der Waals surface area contributed by atoms with Gasteiger partial charge in [-0.15, -0.1) is 10.2 Å². The van der Waals surface area contributed by atoms with E-state index in [4.69, 9.17) is 0 Å². The Hall–Kier alpha value is -3.89. The minimum absolute atomic E-state index is 0.0506. The molecular weight excluding hydrogens is 432 g/mol. The van der Waals surface area contributed by atoms with Crippen molar-refractivity contribution in [1.82, 2.24) is 0 Å². The minimum atomic E-state index is -4.49. The van der Waals surface area contributed by atoms with Crippen LogP contribution in [0.1, 0.15) is 27.0 Å². The number of phenolic OH excluding ortho intramolecular Hbond substituents is 1. The van der Waals surface area contributed by atoms with Crippen molar-refractivity contribution in [2.24, 2.45) is 15.3 Å². The van der Waals surface area contributed by atoms with Gasteiger partial charge in [-0.1, -0.05) is 36.4 Å². The molecule has 0 aliphatic heterocycles. The van der Waals surface area contributed by atoms with Crippen LogP contribution in [0.4, 0.5) is 11.4 Å². The van der Waals surface area contributed by atoms with Gasteiger partial charge in [0.1, 0.15) is 5.75 Å². The topological polar surface area (TPSA) is 141 Å². The lowest BCUT2D eigenvalue weighted by atomic mass is 10.1. The number of carbonyl (C=O) groups is 1. The summed E-state index contributed by atoms with van der Waals surface area (Å²) >= 11 is 0. The first kappa shape index (κ1) is 22.8. The molecule has 9 nitrogen and oxygen atoms in total. The first-order valence-electron chi connectivity index (χ1n) is 9.37. The van der Waals surface area contributed by atoms with Gasteiger partial charge in [-0.25, -0.2) is 0 Å². The molecule has 3 rings (SSSR count). The van der Waals surface area contributed by atoms with Crippen LogP contribution in [-0.4, -0.2) is 30.2 Å². The number of rotatable bonds is 6. The van der Waals surface area contributed by atoms with Crippen molar-refractivity contribution in [3.05, 3.63) is 82.9 Å². The highest BCUT2D eigenvalue weighted by Crippen LogP contribution is 2.31. The van der Waals surface area contributed by atoms with E-state index in [0.29, 0.717) is 23.1 Å². The summed E-state index contributed by atoms with van der Waals surface area (Å²) in [6.45, 7) is 3.34. The molecule has 0 saturated heterocycles. The summed E-state index contributed by atoms with van der Waals surface area (Å²) in [7, 11) is -4.49. The number of aldehydes is 1. The molecule has 0 aliphatic carbocycles. The molecule has 0 spiro atoms. The smallest absolute Gasteiger partial charge is 0.294 e. The van der Waals surface area contributed by atoms with E-state index in [-0.39, 0.29) is 22.8 Å². The molecule has 0 atom stereocenters. The highest BCUT2D eigenvalue weighted by Gasteiger charge is 2.15. The molecule has 3 aromatic carbocycles. The van der Waals surface area contributed by atoms with Crippen molar-refractivity contribution >= 4 is 33.6 Å². The van der Waals surface area contributed by atoms with Gasteiger partial charge in [0.05, 0.1) is 16.3 Å². The Kier molecular flexibility index (Phi) is 6.76. The predicted octanol–water partition coefficient (Wildman–Crippen LogP) is 4.63. The van der Waals surface area contributed by atoms with E-state index in [1.54, 1.807) is 42.5 Å². The van der Waals surface area contributed by atoms with Crippen LogP contribution in [0, 0.1) is 13.8 Å². The van der Waals surface area contributed by atoms with E-state index >= 15 is 0 Å². The van der Waals surface area contributed by atoms with E-state index in [9.17, 15) is 22.9 Å². The molecule has 10 heteroatoms. The lowest BCUT2D eigenvalue weighted by Gasteiger charge is -2.09. The number of hydrogen-bond donors (Lipinski definition) is 3. The fourth-order valence-corrected chi connectivity index (χ4v) is 3.36. The van der Waals surface area contributed by atoms with Crippen LogP contribution < -0.4 is 5.43 Å². The zero-order chi connectivity index (χ0) is 23.3. The molecule has 0 unspecified atom stereocenters. The maximum Gasteiger partial charge on any atom is 0.294 e. The summed E-state index contributed by atoms with van der Waals surface area (Å²) in [5.41, 5.74) is 4.93. The number of hydrogen-bond acceptors (Lipinski definition) is 7. The summed E-state index contributed by atoms with van der Waals surface area (Å²) in [5, 5.41) is 22.7. The van der Waals surface area contributed by atoms with Gasteiger partial charge in [0.25, 0.3) is 10.1 Å². The number of anilines is 1. The van der Waals surface area contributed by atoms with Crippen molar-refractivity contribution in [2.45, 2.75) is 18.7 Å². The first-order valence-corrected chi connectivity index (χ1v) is 10.8. The van der Waals surface area contributed by atoms with Gasteiger partial charge in [0.15, 0.2) is 6.29 Å². The molecule has 3 N–H and O–H groups in total. The van der Waals surface area contributed by atoms with Gasteiger partial charge in [-0.05, 0) is 49.2 Å². The number of azo groups is 1. The van der Waals surface area contributed by atoms with Gasteiger partial charge < -0.3 is 5.11 Å². The van der Waals surface area contributed by atoms with Crippen LogP contribution in [0.15, 0.2) is 80.9 Å². The third-order valence-electron chi connectivity index (χ3n) is 4.45.